The van der Waals surface area contributed by atoms with Crippen molar-refractivity contribution in [1.82, 2.24) is 4.90 Å². The van der Waals surface area contributed by atoms with E-state index in [4.69, 9.17) is 0 Å². The SMILES string of the molecule is Cc1cccc(NC(=O)c2ccccc2NC(=O)CN2CCC(c3ccc(O)cc3)CC2)c1. The predicted octanol–water partition coefficient (Wildman–Crippen LogP) is 4.77. The quantitative estimate of drug-likeness (QED) is 0.513. The predicted molar refractivity (Wildman–Crippen MR) is 131 cm³/mol. The Kier molecular flexibility index (Phi) is 7.05. The number of phenols is 1. The first-order valence-corrected chi connectivity index (χ1v) is 11.3. The number of aromatic hydroxyl groups is 1. The van der Waals surface area contributed by atoms with E-state index in [2.05, 4.69) is 15.5 Å². The van der Waals surface area contributed by atoms with Gasteiger partial charge in [0.25, 0.3) is 5.91 Å². The molecule has 4 rings (SSSR count). The first kappa shape index (κ1) is 22.6. The van der Waals surface area contributed by atoms with Gasteiger partial charge in [-0.3, -0.25) is 14.5 Å². The van der Waals surface area contributed by atoms with Crippen molar-refractivity contribution in [1.29, 1.82) is 0 Å². The molecule has 1 aliphatic heterocycles. The summed E-state index contributed by atoms with van der Waals surface area (Å²) in [4.78, 5) is 27.7. The molecule has 6 heteroatoms. The maximum absolute atomic E-state index is 12.8. The van der Waals surface area contributed by atoms with E-state index in [1.54, 1.807) is 30.3 Å². The minimum Gasteiger partial charge on any atom is -0.508 e. The number of carbonyl (C=O) groups excluding carboxylic acids is 2. The number of aryl methyl sites for hydroxylation is 1. The highest BCUT2D eigenvalue weighted by Crippen LogP contribution is 2.29. The fourth-order valence-electron chi connectivity index (χ4n) is 4.28. The lowest BCUT2D eigenvalue weighted by Crippen LogP contribution is -2.38. The molecule has 0 atom stereocenters. The van der Waals surface area contributed by atoms with Gasteiger partial charge in [-0.15, -0.1) is 0 Å². The van der Waals surface area contributed by atoms with Crippen LogP contribution in [0.4, 0.5) is 11.4 Å². The molecular weight excluding hydrogens is 414 g/mol. The summed E-state index contributed by atoms with van der Waals surface area (Å²) in [6.45, 7) is 3.91. The monoisotopic (exact) mass is 443 g/mol. The molecule has 6 nitrogen and oxygen atoms in total. The number of phenolic OH excluding ortho intramolecular Hbond substituents is 1. The lowest BCUT2D eigenvalue weighted by molar-refractivity contribution is -0.117. The maximum atomic E-state index is 12.8. The Morgan fingerprint density at radius 1 is 0.939 bits per heavy atom. The molecule has 170 valence electrons. The van der Waals surface area contributed by atoms with Gasteiger partial charge in [0.1, 0.15) is 5.75 Å². The van der Waals surface area contributed by atoms with Crippen LogP contribution in [-0.4, -0.2) is 41.5 Å². The number of benzene rings is 3. The van der Waals surface area contributed by atoms with E-state index in [1.807, 2.05) is 49.4 Å². The number of nitrogens with zero attached hydrogens (tertiary/aromatic N) is 1. The molecule has 0 saturated carbocycles. The zero-order valence-corrected chi connectivity index (χ0v) is 18.8. The summed E-state index contributed by atoms with van der Waals surface area (Å²) in [5.74, 6) is 0.330. The highest BCUT2D eigenvalue weighted by Gasteiger charge is 2.22. The summed E-state index contributed by atoms with van der Waals surface area (Å²) < 4.78 is 0. The largest absolute Gasteiger partial charge is 0.508 e. The van der Waals surface area contributed by atoms with Crippen LogP contribution in [0.1, 0.15) is 40.2 Å². The highest BCUT2D eigenvalue weighted by molar-refractivity contribution is 6.10. The van der Waals surface area contributed by atoms with Gasteiger partial charge in [0.15, 0.2) is 0 Å². The van der Waals surface area contributed by atoms with E-state index in [0.29, 0.717) is 17.2 Å². The van der Waals surface area contributed by atoms with Gasteiger partial charge in [0.2, 0.25) is 5.91 Å². The van der Waals surface area contributed by atoms with Gasteiger partial charge in [-0.1, -0.05) is 36.4 Å². The topological polar surface area (TPSA) is 81.7 Å². The van der Waals surface area contributed by atoms with Crippen LogP contribution in [0.3, 0.4) is 0 Å². The first-order valence-electron chi connectivity index (χ1n) is 11.3. The summed E-state index contributed by atoms with van der Waals surface area (Å²) in [6, 6.07) is 22.1. The number of para-hydroxylation sites is 1. The first-order chi connectivity index (χ1) is 16.0. The van der Waals surface area contributed by atoms with E-state index in [-0.39, 0.29) is 24.1 Å². The van der Waals surface area contributed by atoms with Crippen LogP contribution in [0.5, 0.6) is 5.75 Å². The third kappa shape index (κ3) is 5.99. The molecule has 1 saturated heterocycles. The van der Waals surface area contributed by atoms with E-state index in [0.717, 1.165) is 37.2 Å². The van der Waals surface area contributed by atoms with E-state index >= 15 is 0 Å². The smallest absolute Gasteiger partial charge is 0.257 e. The van der Waals surface area contributed by atoms with Crippen LogP contribution in [0.15, 0.2) is 72.8 Å². The fourth-order valence-corrected chi connectivity index (χ4v) is 4.28. The number of hydrogen-bond acceptors (Lipinski definition) is 4. The van der Waals surface area contributed by atoms with Crippen molar-refractivity contribution in [2.75, 3.05) is 30.3 Å². The zero-order valence-electron chi connectivity index (χ0n) is 18.8. The highest BCUT2D eigenvalue weighted by atomic mass is 16.3. The fraction of sp³-hybridized carbons (Fsp3) is 0.259. The summed E-state index contributed by atoms with van der Waals surface area (Å²) in [5, 5.41) is 15.3. The van der Waals surface area contributed by atoms with Crippen molar-refractivity contribution < 1.29 is 14.7 Å². The molecule has 0 unspecified atom stereocenters. The number of anilines is 2. The standard InChI is InChI=1S/C27H29N3O3/c1-19-5-4-6-22(17-19)28-27(33)24-7-2-3-8-25(24)29-26(32)18-30-15-13-21(14-16-30)20-9-11-23(31)12-10-20/h2-12,17,21,31H,13-16,18H2,1H3,(H,28,33)(H,29,32). The van der Waals surface area contributed by atoms with Gasteiger partial charge >= 0.3 is 0 Å². The molecule has 2 amide bonds. The average molecular weight is 444 g/mol. The summed E-state index contributed by atoms with van der Waals surface area (Å²) in [7, 11) is 0. The van der Waals surface area contributed by atoms with Crippen molar-refractivity contribution in [3.05, 3.63) is 89.5 Å². The van der Waals surface area contributed by atoms with Gasteiger partial charge in [0, 0.05) is 5.69 Å². The Bertz CT molecular complexity index is 1120. The molecule has 1 fully saturated rings. The summed E-state index contributed by atoms with van der Waals surface area (Å²) in [5.41, 5.74) is 3.94. The van der Waals surface area contributed by atoms with Crippen LogP contribution in [-0.2, 0) is 4.79 Å². The molecule has 3 N–H and O–H groups in total. The van der Waals surface area contributed by atoms with Crippen LogP contribution < -0.4 is 10.6 Å². The molecule has 0 radical (unpaired) electrons. The van der Waals surface area contributed by atoms with E-state index in [1.165, 1.54) is 5.56 Å². The molecule has 1 aliphatic rings. The van der Waals surface area contributed by atoms with Crippen molar-refractivity contribution >= 4 is 23.2 Å². The minimum absolute atomic E-state index is 0.131. The minimum atomic E-state index is -0.258. The number of likely N-dealkylation sites (tertiary alicyclic amines) is 1. The number of carbonyl (C=O) groups is 2. The Hall–Kier alpha value is -3.64. The molecule has 0 spiro atoms. The van der Waals surface area contributed by atoms with Gasteiger partial charge in [-0.25, -0.2) is 0 Å². The van der Waals surface area contributed by atoms with Crippen LogP contribution in [0.2, 0.25) is 0 Å². The molecule has 3 aromatic carbocycles. The molecule has 33 heavy (non-hydrogen) atoms. The molecule has 0 bridgehead atoms. The van der Waals surface area contributed by atoms with Crippen molar-refractivity contribution in [2.45, 2.75) is 25.7 Å². The summed E-state index contributed by atoms with van der Waals surface area (Å²) >= 11 is 0. The maximum Gasteiger partial charge on any atom is 0.257 e. The van der Waals surface area contributed by atoms with Gasteiger partial charge < -0.3 is 15.7 Å². The number of hydrogen-bond donors (Lipinski definition) is 3. The second-order valence-electron chi connectivity index (χ2n) is 8.56. The number of piperidine rings is 1. The van der Waals surface area contributed by atoms with Crippen molar-refractivity contribution in [3.63, 3.8) is 0 Å². The Morgan fingerprint density at radius 2 is 1.67 bits per heavy atom. The van der Waals surface area contributed by atoms with Gasteiger partial charge in [-0.05, 0) is 86.3 Å². The molecular formula is C27H29N3O3. The van der Waals surface area contributed by atoms with Gasteiger partial charge in [0.05, 0.1) is 17.8 Å². The number of amides is 2. The third-order valence-electron chi connectivity index (χ3n) is 6.04. The Labute approximate surface area is 194 Å². The lowest BCUT2D eigenvalue weighted by Gasteiger charge is -2.31. The molecule has 0 aromatic heterocycles. The Balaban J connectivity index is 1.33. The Morgan fingerprint density at radius 3 is 2.39 bits per heavy atom. The average Bonchev–Trinajstić information content (AvgIpc) is 2.80. The zero-order chi connectivity index (χ0) is 23.2. The lowest BCUT2D eigenvalue weighted by atomic mass is 9.89. The van der Waals surface area contributed by atoms with E-state index in [9.17, 15) is 14.7 Å². The normalized spacial score (nSPS) is 14.6. The van der Waals surface area contributed by atoms with Crippen molar-refractivity contribution in [3.8, 4) is 5.75 Å². The number of rotatable bonds is 6. The van der Waals surface area contributed by atoms with Gasteiger partial charge in [-0.2, -0.15) is 0 Å². The van der Waals surface area contributed by atoms with Crippen LogP contribution in [0.25, 0.3) is 0 Å². The third-order valence-corrected chi connectivity index (χ3v) is 6.04. The second kappa shape index (κ2) is 10.3. The van der Waals surface area contributed by atoms with Crippen LogP contribution >= 0.6 is 0 Å². The van der Waals surface area contributed by atoms with Crippen LogP contribution in [0, 0.1) is 6.92 Å². The molecule has 1 heterocycles. The van der Waals surface area contributed by atoms with E-state index < -0.39 is 0 Å². The number of nitrogens with one attached hydrogen (secondary N) is 2. The molecule has 0 aliphatic carbocycles. The molecule has 3 aromatic rings. The second-order valence-corrected chi connectivity index (χ2v) is 8.56. The van der Waals surface area contributed by atoms with Crippen molar-refractivity contribution in [2.24, 2.45) is 0 Å². The summed E-state index contributed by atoms with van der Waals surface area (Å²) in [6.07, 6.45) is 1.93.